The van der Waals surface area contributed by atoms with Gasteiger partial charge in [0.05, 0.1) is 6.10 Å². The van der Waals surface area contributed by atoms with E-state index in [1.165, 1.54) is 64.2 Å². The van der Waals surface area contributed by atoms with Crippen LogP contribution in [0.1, 0.15) is 98.8 Å². The van der Waals surface area contributed by atoms with Crippen molar-refractivity contribution in [3.63, 3.8) is 0 Å². The van der Waals surface area contributed by atoms with Gasteiger partial charge in [-0.3, -0.25) is 0 Å². The summed E-state index contributed by atoms with van der Waals surface area (Å²) in [4.78, 5) is 0. The molecule has 5 fully saturated rings. The molecular formula is C29H48O. The fraction of sp³-hybridized carbons (Fsp3) is 0.931. The van der Waals surface area contributed by atoms with E-state index in [0.717, 1.165) is 35.5 Å². The van der Waals surface area contributed by atoms with Gasteiger partial charge in [-0.1, -0.05) is 46.8 Å². The third-order valence-corrected chi connectivity index (χ3v) is 11.9. The van der Waals surface area contributed by atoms with Crippen LogP contribution < -0.4 is 0 Å². The lowest BCUT2D eigenvalue weighted by atomic mass is 9.45. The van der Waals surface area contributed by atoms with E-state index in [2.05, 4.69) is 46.8 Å². The second kappa shape index (κ2) is 7.36. The van der Waals surface area contributed by atoms with Crippen LogP contribution in [0.25, 0.3) is 0 Å². The minimum atomic E-state index is 0.552. The van der Waals surface area contributed by atoms with E-state index in [1.807, 2.05) is 7.11 Å². The number of hydrogen-bond donors (Lipinski definition) is 0. The zero-order valence-corrected chi connectivity index (χ0v) is 20.8. The molecule has 5 aliphatic carbocycles. The first-order valence-corrected chi connectivity index (χ1v) is 13.5. The molecule has 170 valence electrons. The van der Waals surface area contributed by atoms with Gasteiger partial charge in [-0.2, -0.15) is 0 Å². The number of fused-ring (bicyclic) bond motifs is 4. The van der Waals surface area contributed by atoms with Crippen LogP contribution in [0.2, 0.25) is 0 Å². The maximum Gasteiger partial charge on any atom is 0.0638 e. The molecule has 0 N–H and O–H groups in total. The van der Waals surface area contributed by atoms with Crippen LogP contribution in [0.15, 0.2) is 12.2 Å². The predicted molar refractivity (Wildman–Crippen MR) is 126 cm³/mol. The molecule has 0 aromatic heterocycles. The highest BCUT2D eigenvalue weighted by atomic mass is 16.5. The van der Waals surface area contributed by atoms with E-state index >= 15 is 0 Å². The summed E-state index contributed by atoms with van der Waals surface area (Å²) in [5.74, 6) is 6.38. The fourth-order valence-corrected chi connectivity index (χ4v) is 10.5. The van der Waals surface area contributed by atoms with Crippen LogP contribution in [0.4, 0.5) is 0 Å². The Balaban J connectivity index is 1.33. The van der Waals surface area contributed by atoms with Gasteiger partial charge in [0.25, 0.3) is 0 Å². The predicted octanol–water partition coefficient (Wildman–Crippen LogP) is 7.90. The first-order chi connectivity index (χ1) is 14.3. The second-order valence-electron chi connectivity index (χ2n) is 13.2. The molecule has 0 aromatic carbocycles. The van der Waals surface area contributed by atoms with Crippen molar-refractivity contribution in [1.82, 2.24) is 0 Å². The molecule has 0 saturated heterocycles. The van der Waals surface area contributed by atoms with E-state index in [9.17, 15) is 0 Å². The van der Waals surface area contributed by atoms with E-state index < -0.39 is 0 Å². The summed E-state index contributed by atoms with van der Waals surface area (Å²) in [5, 5.41) is 0. The fourth-order valence-electron chi connectivity index (χ4n) is 10.5. The molecule has 0 aliphatic heterocycles. The molecule has 30 heavy (non-hydrogen) atoms. The largest absolute Gasteiger partial charge is 0.381 e. The normalized spacial score (nSPS) is 52.8. The summed E-state index contributed by atoms with van der Waals surface area (Å²) in [6, 6.07) is 0. The Hall–Kier alpha value is -0.300. The summed E-state index contributed by atoms with van der Waals surface area (Å²) >= 11 is 0. The number of rotatable bonds is 6. The van der Waals surface area contributed by atoms with Crippen LogP contribution in [0.5, 0.6) is 0 Å². The molecular weight excluding hydrogens is 364 g/mol. The van der Waals surface area contributed by atoms with Gasteiger partial charge in [-0.15, -0.1) is 0 Å². The number of methoxy groups -OCH3 is 1. The van der Waals surface area contributed by atoms with Gasteiger partial charge in [-0.25, -0.2) is 0 Å². The van der Waals surface area contributed by atoms with Crippen molar-refractivity contribution >= 4 is 0 Å². The monoisotopic (exact) mass is 412 g/mol. The number of hydrogen-bond acceptors (Lipinski definition) is 1. The Morgan fingerprint density at radius 1 is 1.00 bits per heavy atom. The van der Waals surface area contributed by atoms with Crippen LogP contribution in [0, 0.1) is 57.7 Å². The SMILES string of the molecule is CO[C@@H]1C[C@H]2[C@@H]3CC[C@H]([C@H](C)CC/C=C\C(C)C)[C@@]3(C)CC[C@@H]2[C@@]2(C)CC[C@@H]3C[C@]312. The summed E-state index contributed by atoms with van der Waals surface area (Å²) in [5.41, 5.74) is 1.74. The van der Waals surface area contributed by atoms with Crippen molar-refractivity contribution in [2.45, 2.75) is 105 Å². The van der Waals surface area contributed by atoms with Gasteiger partial charge in [0.1, 0.15) is 0 Å². The Morgan fingerprint density at radius 2 is 1.80 bits per heavy atom. The van der Waals surface area contributed by atoms with E-state index in [1.54, 1.807) is 0 Å². The van der Waals surface area contributed by atoms with Gasteiger partial charge in [0, 0.05) is 12.5 Å². The Kier molecular flexibility index (Phi) is 5.28. The summed E-state index contributed by atoms with van der Waals surface area (Å²) in [6.45, 7) is 12.6. The van der Waals surface area contributed by atoms with E-state index in [4.69, 9.17) is 4.74 Å². The van der Waals surface area contributed by atoms with Crippen molar-refractivity contribution in [2.75, 3.05) is 7.11 Å². The van der Waals surface area contributed by atoms with Crippen LogP contribution >= 0.6 is 0 Å². The molecule has 0 amide bonds. The van der Waals surface area contributed by atoms with Crippen molar-refractivity contribution in [2.24, 2.45) is 57.7 Å². The second-order valence-corrected chi connectivity index (χ2v) is 13.2. The first-order valence-electron chi connectivity index (χ1n) is 13.5. The van der Waals surface area contributed by atoms with Crippen LogP contribution in [-0.2, 0) is 4.74 Å². The Labute approximate surface area is 186 Å². The average Bonchev–Trinajstić information content (AvgIpc) is 3.21. The standard InChI is InChI=1S/C29H48O/c1-19(2)9-7-8-10-20(3)23-11-12-24-22-17-26(30-6)29-18-21(29)13-16-28(29,5)25(22)14-15-27(23,24)4/h7,9,19-26H,8,10-18H2,1-6H3/b9-7-/t20-,21-,22+,23-,24+,25+,26-,27-,28-,29+/m1/s1. The van der Waals surface area contributed by atoms with Gasteiger partial charge < -0.3 is 4.74 Å². The van der Waals surface area contributed by atoms with Gasteiger partial charge in [0.2, 0.25) is 0 Å². The molecule has 5 aliphatic rings. The zero-order chi connectivity index (χ0) is 21.3. The quantitative estimate of drug-likeness (QED) is 0.403. The molecule has 0 radical (unpaired) electrons. The maximum atomic E-state index is 6.30. The summed E-state index contributed by atoms with van der Waals surface area (Å²) < 4.78 is 6.30. The molecule has 0 aromatic rings. The Morgan fingerprint density at radius 3 is 2.50 bits per heavy atom. The zero-order valence-electron chi connectivity index (χ0n) is 20.8. The van der Waals surface area contributed by atoms with Crippen LogP contribution in [0.3, 0.4) is 0 Å². The summed E-state index contributed by atoms with van der Waals surface area (Å²) in [6.07, 6.45) is 19.9. The first kappa shape index (κ1) is 21.5. The van der Waals surface area contributed by atoms with Crippen molar-refractivity contribution in [1.29, 1.82) is 0 Å². The lowest BCUT2D eigenvalue weighted by Gasteiger charge is -2.61. The smallest absolute Gasteiger partial charge is 0.0638 e. The molecule has 5 saturated carbocycles. The Bertz CT molecular complexity index is 680. The molecule has 1 spiro atoms. The molecule has 0 unspecified atom stereocenters. The maximum absolute atomic E-state index is 6.30. The highest BCUT2D eigenvalue weighted by molar-refractivity contribution is 5.26. The minimum absolute atomic E-state index is 0.552. The molecule has 1 nitrogen and oxygen atoms in total. The number of allylic oxidation sites excluding steroid dienone is 2. The van der Waals surface area contributed by atoms with Gasteiger partial charge >= 0.3 is 0 Å². The van der Waals surface area contributed by atoms with E-state index in [0.29, 0.717) is 28.3 Å². The lowest BCUT2D eigenvalue weighted by Crippen LogP contribution is -2.57. The van der Waals surface area contributed by atoms with Crippen LogP contribution in [-0.4, -0.2) is 13.2 Å². The molecule has 0 bridgehead atoms. The number of ether oxygens (including phenoxy) is 1. The molecule has 5 rings (SSSR count). The third-order valence-electron chi connectivity index (χ3n) is 11.9. The van der Waals surface area contributed by atoms with Crippen molar-refractivity contribution in [3.05, 3.63) is 12.2 Å². The van der Waals surface area contributed by atoms with E-state index in [-0.39, 0.29) is 0 Å². The molecule has 0 heterocycles. The highest BCUT2D eigenvalue weighted by Crippen LogP contribution is 2.82. The van der Waals surface area contributed by atoms with Crippen molar-refractivity contribution in [3.8, 4) is 0 Å². The molecule has 10 atom stereocenters. The van der Waals surface area contributed by atoms with Crippen molar-refractivity contribution < 1.29 is 4.74 Å². The van der Waals surface area contributed by atoms with Gasteiger partial charge in [0.15, 0.2) is 0 Å². The highest BCUT2D eigenvalue weighted by Gasteiger charge is 2.77. The van der Waals surface area contributed by atoms with Gasteiger partial charge in [-0.05, 0) is 116 Å². The summed E-state index contributed by atoms with van der Waals surface area (Å²) in [7, 11) is 2.03. The third kappa shape index (κ3) is 2.82. The topological polar surface area (TPSA) is 9.23 Å². The molecule has 1 heteroatoms. The lowest BCUT2D eigenvalue weighted by molar-refractivity contribution is -0.161. The average molecular weight is 413 g/mol. The minimum Gasteiger partial charge on any atom is -0.381 e.